The Morgan fingerprint density at radius 1 is 1.31 bits per heavy atom. The van der Waals surface area contributed by atoms with Gasteiger partial charge >= 0.3 is 0 Å². The van der Waals surface area contributed by atoms with Crippen LogP contribution in [0.25, 0.3) is 0 Å². The van der Waals surface area contributed by atoms with Crippen LogP contribution in [-0.4, -0.2) is 41.8 Å². The zero-order valence-electron chi connectivity index (χ0n) is 8.15. The summed E-state index contributed by atoms with van der Waals surface area (Å²) in [6.07, 6.45) is 5.11. The van der Waals surface area contributed by atoms with Crippen molar-refractivity contribution in [3.8, 4) is 0 Å². The van der Waals surface area contributed by atoms with Gasteiger partial charge in [-0.15, -0.1) is 0 Å². The van der Waals surface area contributed by atoms with E-state index in [-0.39, 0.29) is 6.10 Å². The van der Waals surface area contributed by atoms with Gasteiger partial charge in [0.1, 0.15) is 0 Å². The predicted octanol–water partition coefficient (Wildman–Crippen LogP) is 0.180. The minimum Gasteiger partial charge on any atom is -0.390 e. The Morgan fingerprint density at radius 3 is 2.69 bits per heavy atom. The van der Waals surface area contributed by atoms with Crippen LogP contribution in [0.3, 0.4) is 0 Å². The fourth-order valence-electron chi connectivity index (χ4n) is 2.66. The molecule has 2 unspecified atom stereocenters. The zero-order valence-corrected chi connectivity index (χ0v) is 8.15. The third-order valence-corrected chi connectivity index (χ3v) is 3.50. The normalized spacial score (nSPS) is 36.5. The first kappa shape index (κ1) is 9.44. The first-order valence-corrected chi connectivity index (χ1v) is 5.41. The fourth-order valence-corrected chi connectivity index (χ4v) is 2.66. The Hall–Kier alpha value is -0.120. The molecule has 1 saturated heterocycles. The number of likely N-dealkylation sites (tertiary alicyclic amines) is 1. The van der Waals surface area contributed by atoms with Crippen LogP contribution in [-0.2, 0) is 0 Å². The van der Waals surface area contributed by atoms with E-state index in [1.807, 2.05) is 0 Å². The summed E-state index contributed by atoms with van der Waals surface area (Å²) < 4.78 is 0. The van der Waals surface area contributed by atoms with Crippen LogP contribution in [0.15, 0.2) is 0 Å². The molecule has 1 aliphatic heterocycles. The molecular formula is C10H20N2O. The molecule has 2 rings (SSSR count). The Bertz CT molecular complexity index is 168. The second-order valence-electron chi connectivity index (χ2n) is 4.52. The molecule has 1 heterocycles. The lowest BCUT2D eigenvalue weighted by Crippen LogP contribution is -2.54. The van der Waals surface area contributed by atoms with E-state index < -0.39 is 0 Å². The van der Waals surface area contributed by atoms with Gasteiger partial charge in [0.2, 0.25) is 0 Å². The van der Waals surface area contributed by atoms with Crippen molar-refractivity contribution in [1.29, 1.82) is 0 Å². The number of nitrogens with zero attached hydrogens (tertiary/aromatic N) is 1. The smallest absolute Gasteiger partial charge is 0.0794 e. The summed E-state index contributed by atoms with van der Waals surface area (Å²) in [6, 6.07) is 0.750. The van der Waals surface area contributed by atoms with E-state index in [0.717, 1.165) is 31.6 Å². The molecule has 1 saturated carbocycles. The maximum Gasteiger partial charge on any atom is 0.0794 e. The van der Waals surface area contributed by atoms with Crippen LogP contribution >= 0.6 is 0 Å². The standard InChI is InChI=1S/C10H20N2O/c11-4-3-8-1-2-9(5-8)12-6-10(13)7-12/h8-10,13H,1-7,11H2. The van der Waals surface area contributed by atoms with E-state index >= 15 is 0 Å². The molecule has 2 fully saturated rings. The lowest BCUT2D eigenvalue weighted by Gasteiger charge is -2.40. The second-order valence-corrected chi connectivity index (χ2v) is 4.52. The zero-order chi connectivity index (χ0) is 9.26. The summed E-state index contributed by atoms with van der Waals surface area (Å²) in [4.78, 5) is 2.42. The van der Waals surface area contributed by atoms with Crippen molar-refractivity contribution in [3.05, 3.63) is 0 Å². The topological polar surface area (TPSA) is 49.5 Å². The number of nitrogens with two attached hydrogens (primary N) is 1. The van der Waals surface area contributed by atoms with Crippen molar-refractivity contribution in [2.75, 3.05) is 19.6 Å². The highest BCUT2D eigenvalue weighted by Crippen LogP contribution is 2.33. The van der Waals surface area contributed by atoms with Crippen LogP contribution in [0.4, 0.5) is 0 Å². The minimum atomic E-state index is -0.0476. The highest BCUT2D eigenvalue weighted by Gasteiger charge is 2.35. The quantitative estimate of drug-likeness (QED) is 0.658. The van der Waals surface area contributed by atoms with Gasteiger partial charge in [0.05, 0.1) is 6.10 Å². The molecule has 0 bridgehead atoms. The van der Waals surface area contributed by atoms with Gasteiger partial charge in [-0.05, 0) is 38.1 Å². The maximum atomic E-state index is 9.19. The fraction of sp³-hybridized carbons (Fsp3) is 1.00. The molecule has 2 atom stereocenters. The molecule has 0 aromatic carbocycles. The number of hydrogen-bond donors (Lipinski definition) is 2. The maximum absolute atomic E-state index is 9.19. The van der Waals surface area contributed by atoms with E-state index in [0.29, 0.717) is 0 Å². The summed E-state index contributed by atoms with van der Waals surface area (Å²) in [5.41, 5.74) is 5.54. The third kappa shape index (κ3) is 2.03. The SMILES string of the molecule is NCCC1CCC(N2CC(O)C2)C1. The van der Waals surface area contributed by atoms with Gasteiger partial charge in [0.25, 0.3) is 0 Å². The molecule has 76 valence electrons. The van der Waals surface area contributed by atoms with Gasteiger partial charge in [-0.1, -0.05) is 0 Å². The van der Waals surface area contributed by atoms with Crippen LogP contribution in [0.2, 0.25) is 0 Å². The van der Waals surface area contributed by atoms with Gasteiger partial charge in [-0.2, -0.15) is 0 Å². The number of rotatable bonds is 3. The molecule has 2 aliphatic rings. The van der Waals surface area contributed by atoms with E-state index in [9.17, 15) is 5.11 Å². The molecule has 3 heteroatoms. The lowest BCUT2D eigenvalue weighted by molar-refractivity contribution is -0.0238. The van der Waals surface area contributed by atoms with Crippen molar-refractivity contribution < 1.29 is 5.11 Å². The first-order chi connectivity index (χ1) is 6.29. The van der Waals surface area contributed by atoms with Gasteiger partial charge in [0.15, 0.2) is 0 Å². The van der Waals surface area contributed by atoms with Crippen LogP contribution in [0, 0.1) is 5.92 Å². The Labute approximate surface area is 79.9 Å². The lowest BCUT2D eigenvalue weighted by atomic mass is 10.0. The summed E-state index contributed by atoms with van der Waals surface area (Å²) >= 11 is 0. The van der Waals surface area contributed by atoms with Crippen LogP contribution < -0.4 is 5.73 Å². The molecule has 0 amide bonds. The summed E-state index contributed by atoms with van der Waals surface area (Å²) in [7, 11) is 0. The minimum absolute atomic E-state index is 0.0476. The summed E-state index contributed by atoms with van der Waals surface area (Å²) in [5.74, 6) is 0.854. The van der Waals surface area contributed by atoms with E-state index in [1.165, 1.54) is 25.7 Å². The monoisotopic (exact) mass is 184 g/mol. The molecule has 3 N–H and O–H groups in total. The summed E-state index contributed by atoms with van der Waals surface area (Å²) in [5, 5.41) is 9.19. The van der Waals surface area contributed by atoms with Crippen molar-refractivity contribution in [3.63, 3.8) is 0 Å². The molecule has 3 nitrogen and oxygen atoms in total. The van der Waals surface area contributed by atoms with Crippen LogP contribution in [0.1, 0.15) is 25.7 Å². The van der Waals surface area contributed by atoms with Gasteiger partial charge in [-0.25, -0.2) is 0 Å². The molecular weight excluding hydrogens is 164 g/mol. The molecule has 0 spiro atoms. The second kappa shape index (κ2) is 3.95. The Morgan fingerprint density at radius 2 is 2.08 bits per heavy atom. The van der Waals surface area contributed by atoms with Crippen molar-refractivity contribution in [1.82, 2.24) is 4.90 Å². The predicted molar refractivity (Wildman–Crippen MR) is 52.4 cm³/mol. The number of hydrogen-bond acceptors (Lipinski definition) is 3. The molecule has 13 heavy (non-hydrogen) atoms. The molecule has 1 aliphatic carbocycles. The average molecular weight is 184 g/mol. The van der Waals surface area contributed by atoms with Gasteiger partial charge in [0, 0.05) is 19.1 Å². The largest absolute Gasteiger partial charge is 0.390 e. The highest BCUT2D eigenvalue weighted by molar-refractivity contribution is 4.90. The van der Waals surface area contributed by atoms with E-state index in [1.54, 1.807) is 0 Å². The average Bonchev–Trinajstić information content (AvgIpc) is 2.48. The van der Waals surface area contributed by atoms with Crippen molar-refractivity contribution >= 4 is 0 Å². The van der Waals surface area contributed by atoms with E-state index in [4.69, 9.17) is 5.73 Å². The third-order valence-electron chi connectivity index (χ3n) is 3.50. The molecule has 0 radical (unpaired) electrons. The van der Waals surface area contributed by atoms with E-state index in [2.05, 4.69) is 4.90 Å². The Balaban J connectivity index is 1.72. The molecule has 0 aromatic heterocycles. The van der Waals surface area contributed by atoms with Gasteiger partial charge < -0.3 is 10.8 Å². The van der Waals surface area contributed by atoms with Crippen molar-refractivity contribution in [2.24, 2.45) is 11.7 Å². The first-order valence-electron chi connectivity index (χ1n) is 5.41. The molecule has 0 aromatic rings. The number of aliphatic hydroxyl groups excluding tert-OH is 1. The van der Waals surface area contributed by atoms with Gasteiger partial charge in [-0.3, -0.25) is 4.90 Å². The van der Waals surface area contributed by atoms with Crippen LogP contribution in [0.5, 0.6) is 0 Å². The highest BCUT2D eigenvalue weighted by atomic mass is 16.3. The summed E-state index contributed by atoms with van der Waals surface area (Å²) in [6.45, 7) is 2.64. The number of aliphatic hydroxyl groups is 1. The number of β-amino-alcohol motifs (C(OH)–C–C–N with tert-alkyl or cyclic N) is 1. The van der Waals surface area contributed by atoms with Crippen molar-refractivity contribution in [2.45, 2.75) is 37.8 Å². The Kier molecular flexibility index (Phi) is 2.86.